The summed E-state index contributed by atoms with van der Waals surface area (Å²) in [4.78, 5) is 13.7. The minimum atomic E-state index is 0.0574. The topological polar surface area (TPSA) is 26.3 Å². The molecule has 0 spiro atoms. The van der Waals surface area contributed by atoms with Crippen LogP contribution in [0.5, 0.6) is 5.75 Å². The molecule has 1 aliphatic heterocycles. The number of hydrogen-bond donors (Lipinski definition) is 0. The Hall–Kier alpha value is -1.74. The number of Topliss-reactive ketones (excluding diaryl/α,β-unsaturated/α-hetero) is 1. The van der Waals surface area contributed by atoms with Crippen molar-refractivity contribution in [2.75, 3.05) is 12.9 Å². The summed E-state index contributed by atoms with van der Waals surface area (Å²) in [7, 11) is 1.63. The molecule has 3 rings (SSSR count). The van der Waals surface area contributed by atoms with Gasteiger partial charge in [0.15, 0.2) is 5.78 Å². The maximum absolute atomic E-state index is 12.6. The first-order valence-electron chi connectivity index (χ1n) is 6.67. The number of hydrogen-bond acceptors (Lipinski definition) is 3. The molecule has 0 bridgehead atoms. The second-order valence-corrected chi connectivity index (χ2v) is 5.99. The molecule has 1 aliphatic rings. The van der Waals surface area contributed by atoms with Gasteiger partial charge in [-0.05, 0) is 30.2 Å². The van der Waals surface area contributed by atoms with E-state index in [1.807, 2.05) is 36.4 Å². The third kappa shape index (κ3) is 2.59. The predicted molar refractivity (Wildman–Crippen MR) is 81.7 cm³/mol. The zero-order valence-corrected chi connectivity index (χ0v) is 12.2. The summed E-state index contributed by atoms with van der Waals surface area (Å²) < 4.78 is 5.22. The summed E-state index contributed by atoms with van der Waals surface area (Å²) in [6.07, 6.45) is 0.809. The van der Waals surface area contributed by atoms with Crippen LogP contribution in [0, 0.1) is 5.92 Å². The molecule has 0 radical (unpaired) electrons. The Morgan fingerprint density at radius 1 is 1.20 bits per heavy atom. The van der Waals surface area contributed by atoms with Gasteiger partial charge in [-0.3, -0.25) is 4.79 Å². The molecule has 102 valence electrons. The molecule has 0 fully saturated rings. The van der Waals surface area contributed by atoms with Crippen molar-refractivity contribution in [1.82, 2.24) is 0 Å². The fourth-order valence-corrected chi connectivity index (χ4v) is 3.62. The van der Waals surface area contributed by atoms with Crippen molar-refractivity contribution in [3.63, 3.8) is 0 Å². The number of methoxy groups -OCH3 is 1. The lowest BCUT2D eigenvalue weighted by Gasteiger charge is -2.23. The quantitative estimate of drug-likeness (QED) is 0.856. The molecule has 3 heteroatoms. The molecule has 20 heavy (non-hydrogen) atoms. The van der Waals surface area contributed by atoms with E-state index in [-0.39, 0.29) is 11.7 Å². The van der Waals surface area contributed by atoms with Crippen molar-refractivity contribution in [2.24, 2.45) is 5.92 Å². The van der Waals surface area contributed by atoms with Gasteiger partial charge in [-0.1, -0.05) is 30.3 Å². The summed E-state index contributed by atoms with van der Waals surface area (Å²) in [6, 6.07) is 16.0. The number of thioether (sulfide) groups is 1. The molecule has 0 amide bonds. The Bertz CT molecular complexity index is 622. The van der Waals surface area contributed by atoms with E-state index in [2.05, 4.69) is 12.1 Å². The van der Waals surface area contributed by atoms with E-state index in [1.54, 1.807) is 18.9 Å². The second-order valence-electron chi connectivity index (χ2n) is 4.92. The Balaban J connectivity index is 1.85. The lowest BCUT2D eigenvalue weighted by Crippen LogP contribution is -2.24. The minimum absolute atomic E-state index is 0.0574. The van der Waals surface area contributed by atoms with Gasteiger partial charge >= 0.3 is 0 Å². The molecule has 0 aliphatic carbocycles. The van der Waals surface area contributed by atoms with Gasteiger partial charge in [0.05, 0.1) is 7.11 Å². The number of carbonyl (C=O) groups is 1. The lowest BCUT2D eigenvalue weighted by molar-refractivity contribution is 0.0926. The third-order valence-corrected chi connectivity index (χ3v) is 4.82. The van der Waals surface area contributed by atoms with Gasteiger partial charge in [-0.2, -0.15) is 0 Å². The molecule has 0 saturated carbocycles. The Labute approximate surface area is 123 Å². The first kappa shape index (κ1) is 13.3. The van der Waals surface area contributed by atoms with Crippen molar-refractivity contribution < 1.29 is 9.53 Å². The number of rotatable bonds is 3. The molecular weight excluding hydrogens is 268 g/mol. The van der Waals surface area contributed by atoms with E-state index in [9.17, 15) is 4.79 Å². The maximum atomic E-state index is 12.6. The van der Waals surface area contributed by atoms with Crippen LogP contribution in [0.15, 0.2) is 53.4 Å². The van der Waals surface area contributed by atoms with Crippen LogP contribution >= 0.6 is 11.8 Å². The largest absolute Gasteiger partial charge is 0.497 e. The number of ketones is 1. The van der Waals surface area contributed by atoms with Crippen LogP contribution in [-0.4, -0.2) is 18.6 Å². The zero-order valence-electron chi connectivity index (χ0n) is 11.3. The Morgan fingerprint density at radius 2 is 2.00 bits per heavy atom. The van der Waals surface area contributed by atoms with Gasteiger partial charge in [0.25, 0.3) is 0 Å². The van der Waals surface area contributed by atoms with Gasteiger partial charge in [-0.15, -0.1) is 11.8 Å². The lowest BCUT2D eigenvalue weighted by atomic mass is 9.92. The van der Waals surface area contributed by atoms with Crippen LogP contribution in [-0.2, 0) is 6.42 Å². The Kier molecular flexibility index (Phi) is 3.79. The van der Waals surface area contributed by atoms with Crippen molar-refractivity contribution in [3.05, 3.63) is 59.7 Å². The third-order valence-electron chi connectivity index (χ3n) is 3.59. The SMILES string of the molecule is COc1ccc2c(c1)C(=O)C(Cc1ccccc1)CS2. The van der Waals surface area contributed by atoms with Crippen LogP contribution in [0.4, 0.5) is 0 Å². The highest BCUT2D eigenvalue weighted by atomic mass is 32.2. The van der Waals surface area contributed by atoms with Crippen LogP contribution in [0.25, 0.3) is 0 Å². The molecule has 1 heterocycles. The van der Waals surface area contributed by atoms with Gasteiger partial charge in [-0.25, -0.2) is 0 Å². The van der Waals surface area contributed by atoms with Crippen LogP contribution in [0.2, 0.25) is 0 Å². The van der Waals surface area contributed by atoms with E-state index in [4.69, 9.17) is 4.74 Å². The van der Waals surface area contributed by atoms with Crippen LogP contribution in [0.1, 0.15) is 15.9 Å². The number of fused-ring (bicyclic) bond motifs is 1. The molecule has 2 aromatic carbocycles. The van der Waals surface area contributed by atoms with Crippen molar-refractivity contribution in [2.45, 2.75) is 11.3 Å². The van der Waals surface area contributed by atoms with E-state index < -0.39 is 0 Å². The fourth-order valence-electron chi connectivity index (χ4n) is 2.49. The smallest absolute Gasteiger partial charge is 0.168 e. The average Bonchev–Trinajstić information content (AvgIpc) is 2.51. The van der Waals surface area contributed by atoms with Crippen molar-refractivity contribution in [3.8, 4) is 5.75 Å². The molecule has 0 saturated heterocycles. The molecule has 0 aromatic heterocycles. The fraction of sp³-hybridized carbons (Fsp3) is 0.235. The van der Waals surface area contributed by atoms with Gasteiger partial charge in [0.1, 0.15) is 5.75 Å². The highest BCUT2D eigenvalue weighted by Gasteiger charge is 2.28. The van der Waals surface area contributed by atoms with E-state index in [0.717, 1.165) is 28.4 Å². The molecule has 1 atom stereocenters. The summed E-state index contributed by atoms with van der Waals surface area (Å²) in [5, 5.41) is 0. The highest BCUT2D eigenvalue weighted by Crippen LogP contribution is 2.36. The standard InChI is InChI=1S/C17H16O2S/c1-19-14-7-8-16-15(10-14)17(18)13(11-20-16)9-12-5-3-2-4-6-12/h2-8,10,13H,9,11H2,1H3. The minimum Gasteiger partial charge on any atom is -0.497 e. The maximum Gasteiger partial charge on any atom is 0.168 e. The summed E-state index contributed by atoms with van der Waals surface area (Å²) in [5.41, 5.74) is 2.03. The molecule has 2 nitrogen and oxygen atoms in total. The van der Waals surface area contributed by atoms with E-state index in [1.165, 1.54) is 5.56 Å². The predicted octanol–water partition coefficient (Wildman–Crippen LogP) is 3.84. The van der Waals surface area contributed by atoms with Crippen LogP contribution in [0.3, 0.4) is 0 Å². The molecule has 1 unspecified atom stereocenters. The Morgan fingerprint density at radius 3 is 2.75 bits per heavy atom. The number of ether oxygens (including phenoxy) is 1. The molecular formula is C17H16O2S. The monoisotopic (exact) mass is 284 g/mol. The number of carbonyl (C=O) groups excluding carboxylic acids is 1. The second kappa shape index (κ2) is 5.71. The summed E-state index contributed by atoms with van der Waals surface area (Å²) in [5.74, 6) is 1.90. The zero-order chi connectivity index (χ0) is 13.9. The normalized spacial score (nSPS) is 17.6. The van der Waals surface area contributed by atoms with Gasteiger partial charge in [0.2, 0.25) is 0 Å². The van der Waals surface area contributed by atoms with Gasteiger partial charge < -0.3 is 4.74 Å². The molecule has 0 N–H and O–H groups in total. The van der Waals surface area contributed by atoms with Crippen molar-refractivity contribution >= 4 is 17.5 Å². The number of benzene rings is 2. The first-order chi connectivity index (χ1) is 9.78. The summed E-state index contributed by atoms with van der Waals surface area (Å²) in [6.45, 7) is 0. The first-order valence-corrected chi connectivity index (χ1v) is 7.65. The van der Waals surface area contributed by atoms with E-state index in [0.29, 0.717) is 0 Å². The van der Waals surface area contributed by atoms with Gasteiger partial charge in [0, 0.05) is 22.1 Å². The average molecular weight is 284 g/mol. The summed E-state index contributed by atoms with van der Waals surface area (Å²) >= 11 is 1.76. The van der Waals surface area contributed by atoms with Crippen molar-refractivity contribution in [1.29, 1.82) is 0 Å². The van der Waals surface area contributed by atoms with E-state index >= 15 is 0 Å². The highest BCUT2D eigenvalue weighted by molar-refractivity contribution is 7.99. The van der Waals surface area contributed by atoms with Crippen LogP contribution < -0.4 is 4.74 Å². The molecule has 2 aromatic rings.